The van der Waals surface area contributed by atoms with Crippen LogP contribution >= 0.6 is 0 Å². The maximum absolute atomic E-state index is 14.7. The minimum absolute atomic E-state index is 0.0578. The van der Waals surface area contributed by atoms with Crippen LogP contribution in [0.15, 0.2) is 61.1 Å². The minimum atomic E-state index is -3.07. The number of imidazole rings is 1. The fraction of sp³-hybridized carbons (Fsp3) is 0.261. The van der Waals surface area contributed by atoms with Crippen LogP contribution in [-0.4, -0.2) is 50.3 Å². The second-order valence-corrected chi connectivity index (χ2v) is 7.74. The average molecular weight is 422 g/mol. The Bertz CT molecular complexity index is 1290. The van der Waals surface area contributed by atoms with Gasteiger partial charge in [0.1, 0.15) is 5.65 Å². The van der Waals surface area contributed by atoms with Crippen molar-refractivity contribution in [2.24, 2.45) is 0 Å². The molecular formula is C23H20F2N4O2. The largest absolute Gasteiger partial charge is 0.466 e. The summed E-state index contributed by atoms with van der Waals surface area (Å²) in [5.41, 5.74) is 2.51. The maximum Gasteiger partial charge on any atom is 0.287 e. The summed E-state index contributed by atoms with van der Waals surface area (Å²) in [5, 5.41) is 0.910. The summed E-state index contributed by atoms with van der Waals surface area (Å²) in [6.45, 7) is 1.61. The third-order valence-electron chi connectivity index (χ3n) is 5.67. The van der Waals surface area contributed by atoms with Crippen LogP contribution in [0.4, 0.5) is 8.78 Å². The predicted octanol–water partition coefficient (Wildman–Crippen LogP) is 4.12. The predicted molar refractivity (Wildman–Crippen MR) is 112 cm³/mol. The molecule has 4 aromatic rings. The number of carbonyl (C=O) groups is 1. The van der Waals surface area contributed by atoms with Crippen LogP contribution in [0.5, 0.6) is 5.88 Å². The summed E-state index contributed by atoms with van der Waals surface area (Å²) in [7, 11) is 0. The Balaban J connectivity index is 1.41. The van der Waals surface area contributed by atoms with Gasteiger partial charge in [-0.25, -0.2) is 18.7 Å². The summed E-state index contributed by atoms with van der Waals surface area (Å²) in [6, 6.07) is 12.5. The van der Waals surface area contributed by atoms with Gasteiger partial charge in [-0.15, -0.1) is 0 Å². The number of amides is 1. The maximum atomic E-state index is 14.7. The lowest BCUT2D eigenvalue weighted by molar-refractivity contribution is -0.131. The number of aromatic nitrogens is 3. The van der Waals surface area contributed by atoms with E-state index in [0.717, 1.165) is 10.9 Å². The average Bonchev–Trinajstić information content (AvgIpc) is 3.24. The van der Waals surface area contributed by atoms with Gasteiger partial charge in [-0.2, -0.15) is 0 Å². The number of halogens is 2. The van der Waals surface area contributed by atoms with Gasteiger partial charge in [0.25, 0.3) is 11.8 Å². The van der Waals surface area contributed by atoms with Gasteiger partial charge in [0.05, 0.1) is 17.6 Å². The van der Waals surface area contributed by atoms with E-state index in [1.807, 2.05) is 25.1 Å². The highest BCUT2D eigenvalue weighted by Crippen LogP contribution is 2.33. The summed E-state index contributed by atoms with van der Waals surface area (Å²) < 4.78 is 36.7. The molecule has 1 atom stereocenters. The van der Waals surface area contributed by atoms with Crippen LogP contribution in [0.1, 0.15) is 22.3 Å². The second kappa shape index (κ2) is 7.30. The standard InChI is InChI=1S/C23H20F2N4O2/c1-15-4-2-5-16-7-8-19(27-20(15)16)31-18-14-29(12-9-23(18,24)25)22(30)17-6-3-11-28-13-10-26-21(17)28/h2-8,10-11,13,18H,9,12,14H2,1H3. The molecule has 8 heteroatoms. The van der Waals surface area contributed by atoms with E-state index in [9.17, 15) is 13.6 Å². The molecule has 6 nitrogen and oxygen atoms in total. The van der Waals surface area contributed by atoms with E-state index in [-0.39, 0.29) is 24.9 Å². The van der Waals surface area contributed by atoms with Crippen molar-refractivity contribution in [1.29, 1.82) is 0 Å². The normalized spacial score (nSPS) is 18.4. The molecule has 0 bridgehead atoms. The number of ether oxygens (including phenoxy) is 1. The van der Waals surface area contributed by atoms with Crippen LogP contribution in [0.25, 0.3) is 16.6 Å². The highest BCUT2D eigenvalue weighted by atomic mass is 19.3. The molecule has 4 heterocycles. The SMILES string of the molecule is Cc1cccc2ccc(OC3CN(C(=O)c4cccn5ccnc45)CCC3(F)F)nc12. The van der Waals surface area contributed by atoms with Gasteiger partial charge in [0.2, 0.25) is 5.88 Å². The van der Waals surface area contributed by atoms with Crippen molar-refractivity contribution >= 4 is 22.5 Å². The molecule has 0 radical (unpaired) electrons. The van der Waals surface area contributed by atoms with Gasteiger partial charge in [-0.05, 0) is 30.7 Å². The quantitative estimate of drug-likeness (QED) is 0.498. The third-order valence-corrected chi connectivity index (χ3v) is 5.67. The van der Waals surface area contributed by atoms with Crippen LogP contribution in [0.3, 0.4) is 0 Å². The van der Waals surface area contributed by atoms with E-state index in [1.165, 1.54) is 4.90 Å². The number of benzene rings is 1. The first-order valence-electron chi connectivity index (χ1n) is 10.0. The molecule has 1 fully saturated rings. The smallest absolute Gasteiger partial charge is 0.287 e. The van der Waals surface area contributed by atoms with E-state index in [1.54, 1.807) is 47.3 Å². The molecule has 0 aliphatic carbocycles. The number of aryl methyl sites for hydroxylation is 1. The number of carbonyl (C=O) groups excluding carboxylic acids is 1. The Morgan fingerprint density at radius 3 is 2.90 bits per heavy atom. The molecule has 1 unspecified atom stereocenters. The van der Waals surface area contributed by atoms with Gasteiger partial charge in [-0.1, -0.05) is 18.2 Å². The van der Waals surface area contributed by atoms with Crippen molar-refractivity contribution in [3.05, 3.63) is 72.2 Å². The van der Waals surface area contributed by atoms with Crippen molar-refractivity contribution in [2.45, 2.75) is 25.4 Å². The topological polar surface area (TPSA) is 59.7 Å². The summed E-state index contributed by atoms with van der Waals surface area (Å²) >= 11 is 0. The highest BCUT2D eigenvalue weighted by Gasteiger charge is 2.47. The molecular weight excluding hydrogens is 402 g/mol. The Labute approximate surface area is 177 Å². The van der Waals surface area contributed by atoms with Crippen molar-refractivity contribution in [3.8, 4) is 5.88 Å². The number of likely N-dealkylation sites (tertiary alicyclic amines) is 1. The monoisotopic (exact) mass is 422 g/mol. The highest BCUT2D eigenvalue weighted by molar-refractivity contribution is 5.99. The van der Waals surface area contributed by atoms with Gasteiger partial charge >= 0.3 is 0 Å². The van der Waals surface area contributed by atoms with Crippen LogP contribution in [-0.2, 0) is 0 Å². The molecule has 1 amide bonds. The molecule has 3 aromatic heterocycles. The van der Waals surface area contributed by atoms with E-state index in [2.05, 4.69) is 9.97 Å². The zero-order chi connectivity index (χ0) is 21.6. The summed E-state index contributed by atoms with van der Waals surface area (Å²) in [5.74, 6) is -3.29. The van der Waals surface area contributed by atoms with Gasteiger partial charge < -0.3 is 14.0 Å². The lowest BCUT2D eigenvalue weighted by atomic mass is 10.0. The number of hydrogen-bond acceptors (Lipinski definition) is 4. The lowest BCUT2D eigenvalue weighted by Gasteiger charge is -2.38. The number of alkyl halides is 2. The number of para-hydroxylation sites is 1. The Hall–Kier alpha value is -3.55. The van der Waals surface area contributed by atoms with Crippen LogP contribution < -0.4 is 4.74 Å². The van der Waals surface area contributed by atoms with E-state index in [0.29, 0.717) is 16.7 Å². The zero-order valence-electron chi connectivity index (χ0n) is 16.8. The molecule has 0 spiro atoms. The second-order valence-electron chi connectivity index (χ2n) is 7.74. The van der Waals surface area contributed by atoms with Crippen molar-refractivity contribution < 1.29 is 18.3 Å². The van der Waals surface area contributed by atoms with Crippen molar-refractivity contribution in [2.75, 3.05) is 13.1 Å². The van der Waals surface area contributed by atoms with Crippen LogP contribution in [0, 0.1) is 6.92 Å². The first-order valence-corrected chi connectivity index (χ1v) is 10.0. The minimum Gasteiger partial charge on any atom is -0.466 e. The number of nitrogens with zero attached hydrogens (tertiary/aromatic N) is 4. The molecule has 31 heavy (non-hydrogen) atoms. The molecule has 1 saturated heterocycles. The first-order chi connectivity index (χ1) is 14.9. The van der Waals surface area contributed by atoms with E-state index in [4.69, 9.17) is 4.74 Å². The molecule has 0 saturated carbocycles. The molecule has 158 valence electrons. The van der Waals surface area contributed by atoms with E-state index >= 15 is 0 Å². The van der Waals surface area contributed by atoms with Crippen molar-refractivity contribution in [1.82, 2.24) is 19.3 Å². The third kappa shape index (κ3) is 3.48. The Morgan fingerprint density at radius 1 is 1.16 bits per heavy atom. The first kappa shape index (κ1) is 19.4. The number of pyridine rings is 2. The Morgan fingerprint density at radius 2 is 2.03 bits per heavy atom. The zero-order valence-corrected chi connectivity index (χ0v) is 16.8. The van der Waals surface area contributed by atoms with Crippen molar-refractivity contribution in [3.63, 3.8) is 0 Å². The van der Waals surface area contributed by atoms with Gasteiger partial charge in [-0.3, -0.25) is 4.79 Å². The molecule has 5 rings (SSSR count). The number of piperidine rings is 1. The number of hydrogen-bond donors (Lipinski definition) is 0. The van der Waals surface area contributed by atoms with Gasteiger partial charge in [0, 0.05) is 43.0 Å². The molecule has 1 aromatic carbocycles. The fourth-order valence-electron chi connectivity index (χ4n) is 3.95. The fourth-order valence-corrected chi connectivity index (χ4v) is 3.95. The Kier molecular flexibility index (Phi) is 4.57. The summed E-state index contributed by atoms with van der Waals surface area (Å²) in [6.07, 6.45) is 3.14. The molecule has 1 aliphatic rings. The summed E-state index contributed by atoms with van der Waals surface area (Å²) in [4.78, 5) is 23.1. The number of fused-ring (bicyclic) bond motifs is 2. The van der Waals surface area contributed by atoms with Crippen LogP contribution in [0.2, 0.25) is 0 Å². The lowest BCUT2D eigenvalue weighted by Crippen LogP contribution is -2.55. The molecule has 0 N–H and O–H groups in total. The number of rotatable bonds is 3. The van der Waals surface area contributed by atoms with E-state index < -0.39 is 18.4 Å². The van der Waals surface area contributed by atoms with Gasteiger partial charge in [0.15, 0.2) is 6.10 Å². The molecule has 1 aliphatic heterocycles.